The molecule has 0 unspecified atom stereocenters. The number of likely N-dealkylation sites (tertiary alicyclic amines) is 1. The molecule has 2 aromatic carbocycles. The number of ether oxygens (including phenoxy) is 1. The lowest BCUT2D eigenvalue weighted by Gasteiger charge is -2.31. The fourth-order valence-corrected chi connectivity index (χ4v) is 4.38. The number of hydrogen-bond acceptors (Lipinski definition) is 4. The van der Waals surface area contributed by atoms with Crippen LogP contribution in [0.1, 0.15) is 77.4 Å². The van der Waals surface area contributed by atoms with Crippen LogP contribution >= 0.6 is 0 Å². The summed E-state index contributed by atoms with van der Waals surface area (Å²) in [4.78, 5) is 13.8. The molecular weight excluding hydrogens is 384 g/mol. The Balaban J connectivity index is 0.000000163. The lowest BCUT2D eigenvalue weighted by Crippen LogP contribution is -2.35. The van der Waals surface area contributed by atoms with Crippen molar-refractivity contribution >= 4 is 5.97 Å². The lowest BCUT2D eigenvalue weighted by molar-refractivity contribution is 0.0600. The van der Waals surface area contributed by atoms with Crippen molar-refractivity contribution < 1.29 is 9.53 Å². The summed E-state index contributed by atoms with van der Waals surface area (Å²) in [6.45, 7) is 3.97. The molecule has 2 saturated carbocycles. The first-order valence-electron chi connectivity index (χ1n) is 11.9. The van der Waals surface area contributed by atoms with Gasteiger partial charge in [0, 0.05) is 6.54 Å². The molecule has 0 bridgehead atoms. The SMILES string of the molecule is COC(=O)c1ccc(CN2CCC(CN)CC2)cc1.c1cc(C2CC2)ccc1C1CC1. The van der Waals surface area contributed by atoms with Crippen molar-refractivity contribution in [2.24, 2.45) is 11.7 Å². The Morgan fingerprint density at radius 1 is 0.871 bits per heavy atom. The van der Waals surface area contributed by atoms with E-state index in [9.17, 15) is 4.79 Å². The molecule has 1 saturated heterocycles. The number of methoxy groups -OCH3 is 1. The normalized spacial score (nSPS) is 19.4. The third kappa shape index (κ3) is 6.41. The zero-order valence-electron chi connectivity index (χ0n) is 18.8. The molecule has 166 valence electrons. The molecule has 2 N–H and O–H groups in total. The van der Waals surface area contributed by atoms with E-state index in [0.717, 1.165) is 38.0 Å². The summed E-state index contributed by atoms with van der Waals surface area (Å²) in [7, 11) is 1.40. The van der Waals surface area contributed by atoms with Crippen LogP contribution in [0.25, 0.3) is 0 Å². The molecule has 0 radical (unpaired) electrons. The van der Waals surface area contributed by atoms with Gasteiger partial charge in [0.2, 0.25) is 0 Å². The van der Waals surface area contributed by atoms with Crippen molar-refractivity contribution in [3.63, 3.8) is 0 Å². The number of piperidine rings is 1. The van der Waals surface area contributed by atoms with E-state index in [2.05, 4.69) is 33.9 Å². The van der Waals surface area contributed by atoms with E-state index in [1.54, 1.807) is 11.1 Å². The van der Waals surface area contributed by atoms with Crippen molar-refractivity contribution in [1.82, 2.24) is 4.90 Å². The summed E-state index contributed by atoms with van der Waals surface area (Å²) < 4.78 is 4.69. The lowest BCUT2D eigenvalue weighted by atomic mass is 9.97. The maximum Gasteiger partial charge on any atom is 0.337 e. The van der Waals surface area contributed by atoms with Crippen LogP contribution in [0, 0.1) is 5.92 Å². The van der Waals surface area contributed by atoms with Crippen LogP contribution in [0.2, 0.25) is 0 Å². The Hall–Kier alpha value is -2.17. The number of nitrogens with two attached hydrogens (primary N) is 1. The monoisotopic (exact) mass is 420 g/mol. The van der Waals surface area contributed by atoms with Gasteiger partial charge in [-0.05, 0) is 105 Å². The molecule has 2 aliphatic carbocycles. The molecular formula is C27H36N2O2. The minimum Gasteiger partial charge on any atom is -0.465 e. The average Bonchev–Trinajstić information content (AvgIpc) is 3.73. The van der Waals surface area contributed by atoms with Crippen LogP contribution in [-0.2, 0) is 11.3 Å². The van der Waals surface area contributed by atoms with E-state index in [1.165, 1.54) is 51.2 Å². The molecule has 0 spiro atoms. The van der Waals surface area contributed by atoms with Crippen LogP contribution in [0.15, 0.2) is 48.5 Å². The van der Waals surface area contributed by atoms with Crippen molar-refractivity contribution in [3.05, 3.63) is 70.8 Å². The second-order valence-corrected chi connectivity index (χ2v) is 9.36. The van der Waals surface area contributed by atoms with Crippen LogP contribution in [0.5, 0.6) is 0 Å². The van der Waals surface area contributed by atoms with Gasteiger partial charge in [0.1, 0.15) is 0 Å². The predicted octanol–water partition coefficient (Wildman–Crippen LogP) is 5.09. The molecule has 4 heteroatoms. The Morgan fingerprint density at radius 3 is 1.81 bits per heavy atom. The fraction of sp³-hybridized carbons (Fsp3) is 0.519. The van der Waals surface area contributed by atoms with Gasteiger partial charge in [-0.3, -0.25) is 4.90 Å². The van der Waals surface area contributed by atoms with E-state index >= 15 is 0 Å². The van der Waals surface area contributed by atoms with Gasteiger partial charge in [0.15, 0.2) is 0 Å². The average molecular weight is 421 g/mol. The highest BCUT2D eigenvalue weighted by molar-refractivity contribution is 5.89. The minimum absolute atomic E-state index is 0.282. The predicted molar refractivity (Wildman–Crippen MR) is 125 cm³/mol. The third-order valence-corrected chi connectivity index (χ3v) is 6.86. The molecule has 1 heterocycles. The minimum atomic E-state index is -0.282. The van der Waals surface area contributed by atoms with E-state index in [4.69, 9.17) is 5.73 Å². The van der Waals surface area contributed by atoms with Crippen LogP contribution in [0.3, 0.4) is 0 Å². The van der Waals surface area contributed by atoms with Crippen molar-refractivity contribution in [1.29, 1.82) is 0 Å². The van der Waals surface area contributed by atoms with E-state index in [-0.39, 0.29) is 5.97 Å². The Labute approximate surface area is 186 Å². The highest BCUT2D eigenvalue weighted by atomic mass is 16.5. The molecule has 31 heavy (non-hydrogen) atoms. The van der Waals surface area contributed by atoms with Crippen molar-refractivity contribution in [3.8, 4) is 0 Å². The first-order valence-corrected chi connectivity index (χ1v) is 11.9. The van der Waals surface area contributed by atoms with Crippen molar-refractivity contribution in [2.75, 3.05) is 26.7 Å². The number of carbonyl (C=O) groups excluding carboxylic acids is 1. The van der Waals surface area contributed by atoms with Crippen LogP contribution < -0.4 is 5.73 Å². The third-order valence-electron chi connectivity index (χ3n) is 6.86. The number of hydrogen-bond donors (Lipinski definition) is 1. The van der Waals surface area contributed by atoms with Gasteiger partial charge in [0.25, 0.3) is 0 Å². The second kappa shape index (κ2) is 10.4. The number of carbonyl (C=O) groups is 1. The zero-order chi connectivity index (χ0) is 21.6. The van der Waals surface area contributed by atoms with E-state index in [1.807, 2.05) is 24.3 Å². The zero-order valence-corrected chi connectivity index (χ0v) is 18.8. The van der Waals surface area contributed by atoms with E-state index < -0.39 is 0 Å². The van der Waals surface area contributed by atoms with Gasteiger partial charge in [0.05, 0.1) is 12.7 Å². The van der Waals surface area contributed by atoms with Gasteiger partial charge in [-0.25, -0.2) is 4.79 Å². The Kier molecular flexibility index (Phi) is 7.41. The quantitative estimate of drug-likeness (QED) is 0.662. The highest BCUT2D eigenvalue weighted by Crippen LogP contribution is 2.43. The molecule has 0 amide bonds. The smallest absolute Gasteiger partial charge is 0.337 e. The second-order valence-electron chi connectivity index (χ2n) is 9.36. The summed E-state index contributed by atoms with van der Waals surface area (Å²) in [5, 5.41) is 0. The summed E-state index contributed by atoms with van der Waals surface area (Å²) in [6, 6.07) is 17.0. The maximum atomic E-state index is 11.3. The van der Waals surface area contributed by atoms with Gasteiger partial charge in [-0.1, -0.05) is 36.4 Å². The molecule has 3 fully saturated rings. The van der Waals surface area contributed by atoms with E-state index in [0.29, 0.717) is 11.5 Å². The Morgan fingerprint density at radius 2 is 1.39 bits per heavy atom. The Bertz CT molecular complexity index is 800. The fourth-order valence-electron chi connectivity index (χ4n) is 4.38. The highest BCUT2D eigenvalue weighted by Gasteiger charge is 2.26. The molecule has 3 aliphatic rings. The number of rotatable bonds is 6. The number of esters is 1. The molecule has 0 aromatic heterocycles. The van der Waals surface area contributed by atoms with Crippen LogP contribution in [0.4, 0.5) is 0 Å². The molecule has 1 aliphatic heterocycles. The summed E-state index contributed by atoms with van der Waals surface area (Å²) >= 11 is 0. The maximum absolute atomic E-state index is 11.3. The first kappa shape index (κ1) is 22.0. The molecule has 0 atom stereocenters. The molecule has 5 rings (SSSR count). The van der Waals surface area contributed by atoms with Gasteiger partial charge < -0.3 is 10.5 Å². The largest absolute Gasteiger partial charge is 0.465 e. The van der Waals surface area contributed by atoms with Gasteiger partial charge in [-0.15, -0.1) is 0 Å². The standard InChI is InChI=1S/C15H22N2O2.C12H14/c1-19-15(18)14-4-2-13(3-5-14)11-17-8-6-12(10-16)7-9-17;1-2-10(12-7-8-12)4-3-9(1)11-5-6-11/h2-5,12H,6-11,16H2,1H3;1-4,11-12H,5-8H2. The number of nitrogens with zero attached hydrogens (tertiary/aromatic N) is 1. The molecule has 4 nitrogen and oxygen atoms in total. The molecule has 2 aromatic rings. The topological polar surface area (TPSA) is 55.6 Å². The van der Waals surface area contributed by atoms with Crippen LogP contribution in [-0.4, -0.2) is 37.6 Å². The van der Waals surface area contributed by atoms with Gasteiger partial charge >= 0.3 is 5.97 Å². The number of benzene rings is 2. The summed E-state index contributed by atoms with van der Waals surface area (Å²) in [6.07, 6.45) is 8.06. The summed E-state index contributed by atoms with van der Waals surface area (Å²) in [5.74, 6) is 2.24. The summed E-state index contributed by atoms with van der Waals surface area (Å²) in [5.41, 5.74) is 10.7. The first-order chi connectivity index (χ1) is 15.2. The van der Waals surface area contributed by atoms with Crippen molar-refractivity contribution in [2.45, 2.75) is 56.9 Å². The van der Waals surface area contributed by atoms with Gasteiger partial charge in [-0.2, -0.15) is 0 Å².